The van der Waals surface area contributed by atoms with E-state index in [9.17, 15) is 44.6 Å². The van der Waals surface area contributed by atoms with Crippen LogP contribution in [0.2, 0.25) is 0 Å². The zero-order chi connectivity index (χ0) is 45.0. The van der Waals surface area contributed by atoms with Crippen molar-refractivity contribution in [3.63, 3.8) is 0 Å². The summed E-state index contributed by atoms with van der Waals surface area (Å²) in [6.45, 7) is 3.14. The molecule has 0 radical (unpaired) electrons. The number of phosphoric acid groups is 1. The second kappa shape index (κ2) is 40.1. The second-order valence-electron chi connectivity index (χ2n) is 16.2. The van der Waals surface area contributed by atoms with Crippen LogP contribution in [0.5, 0.6) is 0 Å². The van der Waals surface area contributed by atoms with Gasteiger partial charge in [0.05, 0.1) is 6.61 Å². The van der Waals surface area contributed by atoms with Crippen molar-refractivity contribution in [3.8, 4) is 0 Å². The molecule has 8 atom stereocenters. The molecular weight excluding hydrogens is 826 g/mol. The summed E-state index contributed by atoms with van der Waals surface area (Å²) in [5.74, 6) is -1.20. The van der Waals surface area contributed by atoms with Crippen LogP contribution in [0.25, 0.3) is 0 Å². The Morgan fingerprint density at radius 1 is 0.532 bits per heavy atom. The van der Waals surface area contributed by atoms with E-state index in [-0.39, 0.29) is 42.4 Å². The molecule has 15 heteroatoms. The summed E-state index contributed by atoms with van der Waals surface area (Å²) >= 11 is 0. The normalized spacial score (nSPS) is 22.1. The molecule has 5 N–H and O–H groups in total. The minimum atomic E-state index is -5.38. The largest absolute Gasteiger partial charge is 1.00 e. The van der Waals surface area contributed by atoms with Crippen LogP contribution in [-0.4, -0.2) is 93.4 Å². The molecule has 0 saturated heterocycles. The van der Waals surface area contributed by atoms with Gasteiger partial charge in [-0.25, -0.2) is 0 Å². The Morgan fingerprint density at radius 2 is 0.919 bits per heavy atom. The van der Waals surface area contributed by atoms with Crippen molar-refractivity contribution in [1.29, 1.82) is 0 Å². The molecule has 13 nitrogen and oxygen atoms in total. The molecule has 354 valence electrons. The molecule has 0 aromatic rings. The molecule has 1 aliphatic carbocycles. The van der Waals surface area contributed by atoms with E-state index in [1.54, 1.807) is 0 Å². The van der Waals surface area contributed by atoms with Crippen LogP contribution in [0, 0.1) is 0 Å². The van der Waals surface area contributed by atoms with Crippen molar-refractivity contribution in [1.82, 2.24) is 0 Å². The Hall–Kier alpha value is -1.19. The summed E-state index contributed by atoms with van der Waals surface area (Å²) in [7, 11) is -5.38. The van der Waals surface area contributed by atoms with Crippen molar-refractivity contribution >= 4 is 19.8 Å². The zero-order valence-corrected chi connectivity index (χ0v) is 41.3. The Kier molecular flexibility index (Phi) is 39.3. The number of carbonyl (C=O) groups excluding carboxylic acids is 2. The van der Waals surface area contributed by atoms with E-state index in [0.717, 1.165) is 44.9 Å². The number of hydrogen-bond donors (Lipinski definition) is 5. The third kappa shape index (κ3) is 31.6. The van der Waals surface area contributed by atoms with Gasteiger partial charge in [-0.1, -0.05) is 165 Å². The fourth-order valence-corrected chi connectivity index (χ4v) is 7.82. The summed E-state index contributed by atoms with van der Waals surface area (Å²) < 4.78 is 33.1. The van der Waals surface area contributed by atoms with Gasteiger partial charge in [-0.15, -0.1) is 0 Å². The standard InChI is InChI=1S/C47H83O13P.Na/c1-3-5-7-9-11-13-15-17-19-20-22-24-26-28-30-32-34-36-41(49)59-39(38-58-61(55,56)60-47-45(53)43(51)42(50)44(52)46(47)54)37-57-40(48)35-33-31-29-27-25-23-21-18-16-14-12-10-8-6-4-2;/h11,13,17,19,22,24,28,30,39,42-47,50-54H,3-10,12,14-16,18,20-21,23,25-27,29,31-38H2,1-2H3,(H,55,56);/q;+1/p-1/b13-11-,19-17-,24-22-,30-28-;/t39-,42?,43-,44+,45-,46-,47?;/m1./s1. The molecule has 0 amide bonds. The van der Waals surface area contributed by atoms with Crippen LogP contribution >= 0.6 is 7.82 Å². The first-order valence-corrected chi connectivity index (χ1v) is 24.9. The molecule has 0 aromatic carbocycles. The van der Waals surface area contributed by atoms with Gasteiger partial charge < -0.3 is 48.9 Å². The molecule has 0 aliphatic heterocycles. The Bertz CT molecular complexity index is 1260. The minimum Gasteiger partial charge on any atom is -0.756 e. The van der Waals surface area contributed by atoms with Crippen LogP contribution < -0.4 is 34.5 Å². The SMILES string of the molecule is CCCCC/C=C\C/C=C\C/C=C\C/C=C\CCCC(=O)O[C@H](COC(=O)CCCCCCCCCCCCCCCCC)COP(=O)([O-])OC1[C@H](O)[C@H](O)C(O)[C@H](O)[C@H]1O.[Na+]. The van der Waals surface area contributed by atoms with Crippen molar-refractivity contribution in [2.24, 2.45) is 0 Å². The fraction of sp³-hybridized carbons (Fsp3) is 0.787. The topological polar surface area (TPSA) is 212 Å². The van der Waals surface area contributed by atoms with E-state index >= 15 is 0 Å². The number of hydrogen-bond acceptors (Lipinski definition) is 13. The molecule has 1 rings (SSSR count). The summed E-state index contributed by atoms with van der Waals surface area (Å²) in [5.41, 5.74) is 0. The van der Waals surface area contributed by atoms with Gasteiger partial charge in [0.25, 0.3) is 7.82 Å². The summed E-state index contributed by atoms with van der Waals surface area (Å²) in [6, 6.07) is 0. The van der Waals surface area contributed by atoms with Gasteiger partial charge in [0.1, 0.15) is 43.2 Å². The van der Waals surface area contributed by atoms with Crippen LogP contribution in [0.15, 0.2) is 48.6 Å². The number of aliphatic hydroxyl groups excluding tert-OH is 5. The molecule has 0 heterocycles. The predicted molar refractivity (Wildman–Crippen MR) is 237 cm³/mol. The Balaban J connectivity index is 0.0000372. The predicted octanol–water partition coefficient (Wildman–Crippen LogP) is 5.54. The van der Waals surface area contributed by atoms with Crippen molar-refractivity contribution < 1.29 is 92.7 Å². The maximum Gasteiger partial charge on any atom is 1.00 e. The first-order valence-electron chi connectivity index (χ1n) is 23.4. The molecule has 1 saturated carbocycles. The molecule has 3 unspecified atom stereocenters. The van der Waals surface area contributed by atoms with Crippen molar-refractivity contribution in [3.05, 3.63) is 48.6 Å². The number of carbonyl (C=O) groups is 2. The second-order valence-corrected chi connectivity index (χ2v) is 17.6. The van der Waals surface area contributed by atoms with E-state index in [0.29, 0.717) is 19.3 Å². The molecule has 0 aromatic heterocycles. The van der Waals surface area contributed by atoms with Crippen LogP contribution in [-0.2, 0) is 32.7 Å². The van der Waals surface area contributed by atoms with E-state index in [1.807, 2.05) is 12.2 Å². The third-order valence-corrected chi connectivity index (χ3v) is 11.6. The van der Waals surface area contributed by atoms with Gasteiger partial charge in [-0.2, -0.15) is 0 Å². The number of phosphoric ester groups is 1. The maximum absolute atomic E-state index is 12.7. The summed E-state index contributed by atoms with van der Waals surface area (Å²) in [6.07, 6.45) is 29.8. The van der Waals surface area contributed by atoms with Gasteiger partial charge in [0.2, 0.25) is 0 Å². The quantitative estimate of drug-likeness (QED) is 0.0170. The molecular formula is C47H82NaO13P. The Morgan fingerprint density at radius 3 is 1.40 bits per heavy atom. The van der Waals surface area contributed by atoms with Crippen molar-refractivity contribution in [2.75, 3.05) is 13.2 Å². The molecule has 1 fully saturated rings. The number of ether oxygens (including phenoxy) is 2. The van der Waals surface area contributed by atoms with E-state index in [2.05, 4.69) is 50.3 Å². The fourth-order valence-electron chi connectivity index (χ4n) is 6.86. The first kappa shape index (κ1) is 60.8. The number of rotatable bonds is 38. The van der Waals surface area contributed by atoms with Gasteiger partial charge in [-0.05, 0) is 51.4 Å². The van der Waals surface area contributed by atoms with E-state index < -0.39 is 75.7 Å². The number of aliphatic hydroxyl groups is 5. The van der Waals surface area contributed by atoms with Crippen LogP contribution in [0.3, 0.4) is 0 Å². The molecule has 0 bridgehead atoms. The first-order chi connectivity index (χ1) is 29.4. The summed E-state index contributed by atoms with van der Waals surface area (Å²) in [4.78, 5) is 38.0. The third-order valence-electron chi connectivity index (χ3n) is 10.7. The average Bonchev–Trinajstić information content (AvgIpc) is 3.24. The smallest absolute Gasteiger partial charge is 0.756 e. The average molecular weight is 909 g/mol. The molecule has 1 aliphatic rings. The molecule has 0 spiro atoms. The summed E-state index contributed by atoms with van der Waals surface area (Å²) in [5, 5.41) is 50.0. The van der Waals surface area contributed by atoms with Gasteiger partial charge in [-0.3, -0.25) is 14.2 Å². The Labute approximate surface area is 395 Å². The number of unbranched alkanes of at least 4 members (excludes halogenated alkanes) is 18. The number of allylic oxidation sites excluding steroid dienone is 8. The monoisotopic (exact) mass is 909 g/mol. The van der Waals surface area contributed by atoms with Crippen LogP contribution in [0.4, 0.5) is 0 Å². The number of esters is 2. The van der Waals surface area contributed by atoms with Crippen molar-refractivity contribution in [2.45, 2.75) is 224 Å². The van der Waals surface area contributed by atoms with E-state index in [1.165, 1.54) is 89.9 Å². The maximum atomic E-state index is 12.7. The van der Waals surface area contributed by atoms with E-state index in [4.69, 9.17) is 18.5 Å². The minimum absolute atomic E-state index is 0. The van der Waals surface area contributed by atoms with Gasteiger partial charge in [0, 0.05) is 12.8 Å². The van der Waals surface area contributed by atoms with Crippen LogP contribution in [0.1, 0.15) is 181 Å². The van der Waals surface area contributed by atoms with Gasteiger partial charge in [0.15, 0.2) is 6.10 Å². The van der Waals surface area contributed by atoms with Gasteiger partial charge >= 0.3 is 41.5 Å². The zero-order valence-electron chi connectivity index (χ0n) is 38.4. The molecule has 62 heavy (non-hydrogen) atoms.